The summed E-state index contributed by atoms with van der Waals surface area (Å²) in [4.78, 5) is 18.0. The number of thioether (sulfide) groups is 1. The van der Waals surface area contributed by atoms with Gasteiger partial charge >= 0.3 is 5.97 Å². The van der Waals surface area contributed by atoms with Crippen LogP contribution < -0.4 is 10.1 Å². The number of rotatable bonds is 11. The van der Waals surface area contributed by atoms with Gasteiger partial charge in [-0.1, -0.05) is 79.5 Å². The minimum absolute atomic E-state index is 0.235. The minimum Gasteiger partial charge on any atom is -0.488 e. The molecule has 0 fully saturated rings. The van der Waals surface area contributed by atoms with Crippen LogP contribution in [0.5, 0.6) is 5.75 Å². The number of unbranched alkanes of at least 4 members (excludes halogenated alkanes) is 1. The Hall–Kier alpha value is -2.68. The predicted octanol–water partition coefficient (Wildman–Crippen LogP) is 7.30. The molecule has 1 atom stereocenters. The van der Waals surface area contributed by atoms with Crippen molar-refractivity contribution in [2.45, 2.75) is 57.8 Å². The molecule has 3 aromatic rings. The van der Waals surface area contributed by atoms with E-state index in [1.807, 2.05) is 44.2 Å². The van der Waals surface area contributed by atoms with Crippen LogP contribution in [-0.2, 0) is 16.1 Å². The fraction of sp³-hybridized carbons (Fsp3) is 0.370. The molecule has 0 saturated heterocycles. The second-order valence-electron chi connectivity index (χ2n) is 8.63. The number of fused-ring (bicyclic) bond motifs is 1. The lowest BCUT2D eigenvalue weighted by Crippen LogP contribution is -2.30. The number of nitrogens with zero attached hydrogens (tertiary/aromatic N) is 3. The van der Waals surface area contributed by atoms with Crippen LogP contribution in [0.25, 0.3) is 0 Å². The number of hydrogen-bond acceptors (Lipinski definition) is 7. The highest BCUT2D eigenvalue weighted by atomic mass is 35.5. The first-order chi connectivity index (χ1) is 17.9. The number of halogens is 2. The molecule has 1 aliphatic rings. The zero-order valence-corrected chi connectivity index (χ0v) is 23.4. The molecule has 1 unspecified atom stereocenters. The maximum absolute atomic E-state index is 13.3. The molecule has 196 valence electrons. The van der Waals surface area contributed by atoms with Gasteiger partial charge < -0.3 is 14.8 Å². The Morgan fingerprint density at radius 3 is 2.73 bits per heavy atom. The Morgan fingerprint density at radius 1 is 1.16 bits per heavy atom. The number of benzene rings is 2. The molecule has 1 aromatic heterocycles. The molecule has 10 heteroatoms. The number of hydrogen-bond donors (Lipinski definition) is 1. The van der Waals surface area contributed by atoms with Crippen LogP contribution in [0.3, 0.4) is 0 Å². The van der Waals surface area contributed by atoms with Gasteiger partial charge in [-0.3, -0.25) is 0 Å². The second kappa shape index (κ2) is 12.7. The number of anilines is 1. The van der Waals surface area contributed by atoms with Crippen molar-refractivity contribution in [2.24, 2.45) is 0 Å². The third kappa shape index (κ3) is 6.43. The number of ether oxygens (including phenoxy) is 2. The standard InChI is InChI=1S/C27H30Cl2N4O3S/c1-4-6-14-37-27-31-26-30-17(3)23(25(34)35-13-5-2)24(33(26)32-27)20-9-7-8-10-22(20)36-16-18-11-12-19(28)15-21(18)29/h7-12,15,24H,4-6,13-14,16H2,1-3H3,(H,30,31,32). The average molecular weight is 562 g/mol. The first-order valence-electron chi connectivity index (χ1n) is 12.3. The van der Waals surface area contributed by atoms with Gasteiger partial charge in [0.25, 0.3) is 0 Å². The van der Waals surface area contributed by atoms with Crippen molar-refractivity contribution in [3.05, 3.63) is 74.9 Å². The molecule has 4 rings (SSSR count). The van der Waals surface area contributed by atoms with Crippen LogP contribution in [-0.4, -0.2) is 33.1 Å². The molecular formula is C27H30Cl2N4O3S. The summed E-state index contributed by atoms with van der Waals surface area (Å²) in [5.41, 5.74) is 2.72. The summed E-state index contributed by atoms with van der Waals surface area (Å²) in [6, 6.07) is 12.3. The second-order valence-corrected chi connectivity index (χ2v) is 10.5. The fourth-order valence-electron chi connectivity index (χ4n) is 3.96. The summed E-state index contributed by atoms with van der Waals surface area (Å²) in [6.45, 7) is 6.54. The Labute approximate surface area is 231 Å². The molecule has 0 radical (unpaired) electrons. The van der Waals surface area contributed by atoms with Gasteiger partial charge in [0, 0.05) is 32.6 Å². The van der Waals surface area contributed by atoms with Crippen molar-refractivity contribution in [3.8, 4) is 5.75 Å². The van der Waals surface area contributed by atoms with Crippen LogP contribution in [0.4, 0.5) is 5.95 Å². The largest absolute Gasteiger partial charge is 0.488 e. The summed E-state index contributed by atoms with van der Waals surface area (Å²) >= 11 is 14.0. The van der Waals surface area contributed by atoms with E-state index in [4.69, 9.17) is 42.8 Å². The molecule has 37 heavy (non-hydrogen) atoms. The number of carbonyl (C=O) groups excluding carboxylic acids is 1. The lowest BCUT2D eigenvalue weighted by atomic mass is 9.95. The molecule has 1 aliphatic heterocycles. The van der Waals surface area contributed by atoms with Crippen LogP contribution in [0.1, 0.15) is 57.2 Å². The van der Waals surface area contributed by atoms with E-state index >= 15 is 0 Å². The maximum Gasteiger partial charge on any atom is 0.338 e. The van der Waals surface area contributed by atoms with Crippen molar-refractivity contribution >= 4 is 46.9 Å². The molecule has 1 N–H and O–H groups in total. The number of esters is 1. The Kier molecular flexibility index (Phi) is 9.40. The van der Waals surface area contributed by atoms with Gasteiger partial charge in [0.05, 0.1) is 12.2 Å². The van der Waals surface area contributed by atoms with Gasteiger partial charge in [-0.15, -0.1) is 5.10 Å². The van der Waals surface area contributed by atoms with Crippen LogP contribution in [0.2, 0.25) is 10.0 Å². The van der Waals surface area contributed by atoms with Gasteiger partial charge in [0.15, 0.2) is 0 Å². The smallest absolute Gasteiger partial charge is 0.338 e. The summed E-state index contributed by atoms with van der Waals surface area (Å²) < 4.78 is 13.6. The number of aromatic nitrogens is 3. The lowest BCUT2D eigenvalue weighted by Gasteiger charge is -2.29. The third-order valence-corrected chi connectivity index (χ3v) is 7.34. The highest BCUT2D eigenvalue weighted by Crippen LogP contribution is 2.40. The minimum atomic E-state index is -0.578. The Balaban J connectivity index is 1.73. The monoisotopic (exact) mass is 560 g/mol. The summed E-state index contributed by atoms with van der Waals surface area (Å²) in [5, 5.41) is 9.78. The van der Waals surface area contributed by atoms with Gasteiger partial charge in [0.1, 0.15) is 18.4 Å². The van der Waals surface area contributed by atoms with E-state index < -0.39 is 12.0 Å². The van der Waals surface area contributed by atoms with Gasteiger partial charge in [-0.25, -0.2) is 9.48 Å². The number of nitrogens with one attached hydrogen (secondary N) is 1. The number of allylic oxidation sites excluding steroid dienone is 1. The summed E-state index contributed by atoms with van der Waals surface area (Å²) in [7, 11) is 0. The SMILES string of the molecule is CCCCSc1nc2n(n1)C(c1ccccc1OCc1ccc(Cl)cc1Cl)C(C(=O)OCCC)=C(C)N2. The molecule has 0 saturated carbocycles. The van der Waals surface area contributed by atoms with Gasteiger partial charge in [-0.2, -0.15) is 4.98 Å². The highest BCUT2D eigenvalue weighted by Gasteiger charge is 2.36. The third-order valence-electron chi connectivity index (χ3n) is 5.83. The molecular weight excluding hydrogens is 531 g/mol. The zero-order valence-electron chi connectivity index (χ0n) is 21.1. The van der Waals surface area contributed by atoms with E-state index in [0.29, 0.717) is 44.8 Å². The molecule has 7 nitrogen and oxygen atoms in total. The molecule has 0 spiro atoms. The topological polar surface area (TPSA) is 78.3 Å². The predicted molar refractivity (Wildman–Crippen MR) is 149 cm³/mol. The van der Waals surface area contributed by atoms with E-state index in [-0.39, 0.29) is 6.61 Å². The number of para-hydroxylation sites is 1. The average Bonchev–Trinajstić information content (AvgIpc) is 3.28. The Bertz CT molecular complexity index is 1290. The van der Waals surface area contributed by atoms with Crippen molar-refractivity contribution in [3.63, 3.8) is 0 Å². The first kappa shape index (κ1) is 27.4. The normalized spacial score (nSPS) is 14.8. The molecule has 0 amide bonds. The van der Waals surface area contributed by atoms with Gasteiger partial charge in [0.2, 0.25) is 11.1 Å². The van der Waals surface area contributed by atoms with E-state index in [0.717, 1.165) is 36.1 Å². The van der Waals surface area contributed by atoms with E-state index in [2.05, 4.69) is 12.2 Å². The molecule has 0 aliphatic carbocycles. The maximum atomic E-state index is 13.3. The van der Waals surface area contributed by atoms with Gasteiger partial charge in [-0.05, 0) is 38.0 Å². The number of carbonyl (C=O) groups is 1. The molecule has 0 bridgehead atoms. The summed E-state index contributed by atoms with van der Waals surface area (Å²) in [5.74, 6) is 1.71. The van der Waals surface area contributed by atoms with Crippen molar-refractivity contribution < 1.29 is 14.3 Å². The van der Waals surface area contributed by atoms with E-state index in [1.165, 1.54) is 0 Å². The highest BCUT2D eigenvalue weighted by molar-refractivity contribution is 7.99. The fourth-order valence-corrected chi connectivity index (χ4v) is 5.33. The van der Waals surface area contributed by atoms with Crippen molar-refractivity contribution in [1.82, 2.24) is 14.8 Å². The molecule has 2 heterocycles. The van der Waals surface area contributed by atoms with Crippen molar-refractivity contribution in [1.29, 1.82) is 0 Å². The summed E-state index contributed by atoms with van der Waals surface area (Å²) in [6.07, 6.45) is 2.89. The van der Waals surface area contributed by atoms with Crippen LogP contribution in [0, 0.1) is 0 Å². The first-order valence-corrected chi connectivity index (χ1v) is 14.1. The zero-order chi connectivity index (χ0) is 26.4. The van der Waals surface area contributed by atoms with Crippen LogP contribution >= 0.6 is 35.0 Å². The van der Waals surface area contributed by atoms with E-state index in [1.54, 1.807) is 28.6 Å². The van der Waals surface area contributed by atoms with Crippen molar-refractivity contribution in [2.75, 3.05) is 17.7 Å². The lowest BCUT2D eigenvalue weighted by molar-refractivity contribution is -0.139. The molecule has 2 aromatic carbocycles. The van der Waals surface area contributed by atoms with E-state index in [9.17, 15) is 4.79 Å². The Morgan fingerprint density at radius 2 is 1.97 bits per heavy atom. The van der Waals surface area contributed by atoms with Crippen LogP contribution in [0.15, 0.2) is 58.9 Å². The quantitative estimate of drug-likeness (QED) is 0.150.